The van der Waals surface area contributed by atoms with E-state index in [-0.39, 0.29) is 6.04 Å². The molecule has 4 heteroatoms. The van der Waals surface area contributed by atoms with E-state index in [2.05, 4.69) is 5.10 Å². The fourth-order valence-corrected chi connectivity index (χ4v) is 2.19. The third-order valence-corrected chi connectivity index (χ3v) is 3.06. The molecule has 0 bridgehead atoms. The highest BCUT2D eigenvalue weighted by Gasteiger charge is 2.11. The zero-order chi connectivity index (χ0) is 12.4. The molecule has 1 atom stereocenters. The summed E-state index contributed by atoms with van der Waals surface area (Å²) in [6, 6.07) is 7.76. The van der Waals surface area contributed by atoms with E-state index in [0.717, 1.165) is 28.3 Å². The maximum absolute atomic E-state index is 6.19. The van der Waals surface area contributed by atoms with Gasteiger partial charge in [-0.1, -0.05) is 17.7 Å². The monoisotopic (exact) mass is 249 g/mol. The molecule has 0 saturated carbocycles. The van der Waals surface area contributed by atoms with E-state index < -0.39 is 0 Å². The second-order valence-electron chi connectivity index (χ2n) is 4.29. The zero-order valence-electron chi connectivity index (χ0n) is 10.0. The van der Waals surface area contributed by atoms with Crippen molar-refractivity contribution in [2.75, 3.05) is 0 Å². The lowest BCUT2D eigenvalue weighted by atomic mass is 9.98. The predicted octanol–water partition coefficient (Wildman–Crippen LogP) is 2.62. The van der Waals surface area contributed by atoms with Gasteiger partial charge in [-0.05, 0) is 36.2 Å². The first-order chi connectivity index (χ1) is 8.06. The minimum absolute atomic E-state index is 0.0397. The summed E-state index contributed by atoms with van der Waals surface area (Å²) in [6.45, 7) is 2.03. The van der Waals surface area contributed by atoms with Gasteiger partial charge in [-0.25, -0.2) is 0 Å². The van der Waals surface area contributed by atoms with Crippen molar-refractivity contribution in [2.24, 2.45) is 12.8 Å². The van der Waals surface area contributed by atoms with Crippen molar-refractivity contribution in [3.63, 3.8) is 0 Å². The highest BCUT2D eigenvalue weighted by Crippen LogP contribution is 2.22. The van der Waals surface area contributed by atoms with Crippen LogP contribution in [0, 0.1) is 6.92 Å². The Labute approximate surface area is 106 Å². The van der Waals surface area contributed by atoms with Crippen molar-refractivity contribution < 1.29 is 0 Å². The molecule has 0 spiro atoms. The van der Waals surface area contributed by atoms with Crippen LogP contribution >= 0.6 is 11.6 Å². The Kier molecular flexibility index (Phi) is 3.50. The fourth-order valence-electron chi connectivity index (χ4n) is 1.96. The van der Waals surface area contributed by atoms with Crippen LogP contribution in [0.15, 0.2) is 30.5 Å². The normalized spacial score (nSPS) is 12.7. The number of hydrogen-bond donors (Lipinski definition) is 1. The highest BCUT2D eigenvalue weighted by atomic mass is 35.5. The summed E-state index contributed by atoms with van der Waals surface area (Å²) >= 11 is 5.93. The first-order valence-corrected chi connectivity index (χ1v) is 5.94. The third-order valence-electron chi connectivity index (χ3n) is 2.83. The minimum Gasteiger partial charge on any atom is -0.324 e. The quantitative estimate of drug-likeness (QED) is 0.909. The second kappa shape index (κ2) is 4.90. The van der Waals surface area contributed by atoms with Crippen molar-refractivity contribution in [1.29, 1.82) is 0 Å². The molecule has 0 saturated heterocycles. The van der Waals surface area contributed by atoms with E-state index in [1.165, 1.54) is 0 Å². The van der Waals surface area contributed by atoms with Gasteiger partial charge in [0.2, 0.25) is 0 Å². The van der Waals surface area contributed by atoms with Gasteiger partial charge in [0.1, 0.15) is 0 Å². The van der Waals surface area contributed by atoms with Crippen molar-refractivity contribution in [2.45, 2.75) is 19.4 Å². The van der Waals surface area contributed by atoms with Gasteiger partial charge in [0.25, 0.3) is 0 Å². The van der Waals surface area contributed by atoms with Gasteiger partial charge in [-0.3, -0.25) is 4.68 Å². The van der Waals surface area contributed by atoms with Crippen LogP contribution in [-0.2, 0) is 13.5 Å². The van der Waals surface area contributed by atoms with Crippen molar-refractivity contribution in [1.82, 2.24) is 9.78 Å². The van der Waals surface area contributed by atoms with Crippen molar-refractivity contribution >= 4 is 11.6 Å². The Morgan fingerprint density at radius 1 is 1.41 bits per heavy atom. The maximum atomic E-state index is 6.19. The summed E-state index contributed by atoms with van der Waals surface area (Å²) < 4.78 is 1.79. The molecule has 90 valence electrons. The summed E-state index contributed by atoms with van der Waals surface area (Å²) in [5, 5.41) is 5.08. The number of nitrogens with two attached hydrogens (primary N) is 1. The zero-order valence-corrected chi connectivity index (χ0v) is 10.8. The molecule has 0 amide bonds. The summed E-state index contributed by atoms with van der Waals surface area (Å²) in [5.74, 6) is 0. The molecular weight excluding hydrogens is 234 g/mol. The summed E-state index contributed by atoms with van der Waals surface area (Å²) in [6.07, 6.45) is 2.67. The maximum Gasteiger partial charge on any atom is 0.0643 e. The summed E-state index contributed by atoms with van der Waals surface area (Å²) in [5.41, 5.74) is 9.45. The lowest BCUT2D eigenvalue weighted by Crippen LogP contribution is -2.15. The Bertz CT molecular complexity index is 519. The van der Waals surface area contributed by atoms with E-state index in [9.17, 15) is 0 Å². The first kappa shape index (κ1) is 12.1. The molecule has 1 unspecified atom stereocenters. The molecule has 17 heavy (non-hydrogen) atoms. The van der Waals surface area contributed by atoms with Crippen LogP contribution < -0.4 is 5.73 Å². The van der Waals surface area contributed by atoms with Crippen LogP contribution in [0.1, 0.15) is 22.9 Å². The number of benzene rings is 1. The molecule has 0 aliphatic rings. The van der Waals surface area contributed by atoms with Gasteiger partial charge in [0.05, 0.1) is 5.69 Å². The molecule has 1 aromatic carbocycles. The van der Waals surface area contributed by atoms with Gasteiger partial charge in [-0.15, -0.1) is 0 Å². The van der Waals surface area contributed by atoms with Crippen LogP contribution in [-0.4, -0.2) is 9.78 Å². The number of aryl methyl sites for hydroxylation is 2. The Hall–Kier alpha value is -1.32. The molecular formula is C13H16ClN3. The topological polar surface area (TPSA) is 43.8 Å². The molecule has 0 aliphatic heterocycles. The number of aromatic nitrogens is 2. The van der Waals surface area contributed by atoms with E-state index in [0.29, 0.717) is 0 Å². The molecule has 2 rings (SSSR count). The van der Waals surface area contributed by atoms with E-state index in [1.54, 1.807) is 4.68 Å². The second-order valence-corrected chi connectivity index (χ2v) is 4.73. The van der Waals surface area contributed by atoms with E-state index in [1.807, 2.05) is 44.4 Å². The Morgan fingerprint density at radius 3 is 2.76 bits per heavy atom. The Morgan fingerprint density at radius 2 is 2.18 bits per heavy atom. The van der Waals surface area contributed by atoms with E-state index >= 15 is 0 Å². The summed E-state index contributed by atoms with van der Waals surface area (Å²) in [7, 11) is 1.91. The van der Waals surface area contributed by atoms with Crippen molar-refractivity contribution in [3.05, 3.63) is 52.3 Å². The molecule has 1 aromatic heterocycles. The molecule has 0 aliphatic carbocycles. The standard InChI is InChI=1S/C13H16ClN3/c1-9-7-10(14)3-4-12(9)13(15)8-11-5-6-17(2)16-11/h3-7,13H,8,15H2,1-2H3. The molecule has 2 N–H and O–H groups in total. The van der Waals surface area contributed by atoms with Gasteiger partial charge in [0.15, 0.2) is 0 Å². The van der Waals surface area contributed by atoms with Crippen molar-refractivity contribution in [3.8, 4) is 0 Å². The van der Waals surface area contributed by atoms with Gasteiger partial charge >= 0.3 is 0 Å². The fraction of sp³-hybridized carbons (Fsp3) is 0.308. The minimum atomic E-state index is -0.0397. The number of hydrogen-bond acceptors (Lipinski definition) is 2. The SMILES string of the molecule is Cc1cc(Cl)ccc1C(N)Cc1ccn(C)n1. The van der Waals surface area contributed by atoms with Crippen LogP contribution in [0.5, 0.6) is 0 Å². The number of halogens is 1. The molecule has 0 radical (unpaired) electrons. The molecule has 2 aromatic rings. The highest BCUT2D eigenvalue weighted by molar-refractivity contribution is 6.30. The van der Waals surface area contributed by atoms with Crippen LogP contribution in [0.4, 0.5) is 0 Å². The Balaban J connectivity index is 2.17. The predicted molar refractivity (Wildman–Crippen MR) is 70.0 cm³/mol. The lowest BCUT2D eigenvalue weighted by Gasteiger charge is -2.13. The van der Waals surface area contributed by atoms with E-state index in [4.69, 9.17) is 17.3 Å². The summed E-state index contributed by atoms with van der Waals surface area (Å²) in [4.78, 5) is 0. The van der Waals surface area contributed by atoms with Gasteiger partial charge in [-0.2, -0.15) is 5.10 Å². The largest absolute Gasteiger partial charge is 0.324 e. The lowest BCUT2D eigenvalue weighted by molar-refractivity contribution is 0.672. The number of rotatable bonds is 3. The van der Waals surface area contributed by atoms with Gasteiger partial charge in [0, 0.05) is 30.7 Å². The average molecular weight is 250 g/mol. The smallest absolute Gasteiger partial charge is 0.0643 e. The van der Waals surface area contributed by atoms with Gasteiger partial charge < -0.3 is 5.73 Å². The van der Waals surface area contributed by atoms with Crippen LogP contribution in [0.25, 0.3) is 0 Å². The third kappa shape index (κ3) is 2.87. The number of nitrogens with zero attached hydrogens (tertiary/aromatic N) is 2. The van der Waals surface area contributed by atoms with Crippen LogP contribution in [0.2, 0.25) is 5.02 Å². The first-order valence-electron chi connectivity index (χ1n) is 5.56. The average Bonchev–Trinajstić information content (AvgIpc) is 2.63. The molecule has 1 heterocycles. The molecule has 0 fully saturated rings. The molecule has 3 nitrogen and oxygen atoms in total. The van der Waals surface area contributed by atoms with Crippen LogP contribution in [0.3, 0.4) is 0 Å².